The lowest BCUT2D eigenvalue weighted by Gasteiger charge is -2.26. The summed E-state index contributed by atoms with van der Waals surface area (Å²) in [6.07, 6.45) is 9.66. The van der Waals surface area contributed by atoms with E-state index >= 15 is 0 Å². The van der Waals surface area contributed by atoms with Gasteiger partial charge in [0.05, 0.1) is 10.6 Å². The summed E-state index contributed by atoms with van der Waals surface area (Å²) in [6, 6.07) is 26.6. The minimum Gasteiger partial charge on any atom is -0.360 e. The second-order valence-corrected chi connectivity index (χ2v) is 12.0. The quantitative estimate of drug-likeness (QED) is 0.197. The van der Waals surface area contributed by atoms with Crippen LogP contribution in [0.2, 0.25) is 0 Å². The van der Waals surface area contributed by atoms with Gasteiger partial charge in [0.2, 0.25) is 0 Å². The molecule has 3 heterocycles. The van der Waals surface area contributed by atoms with E-state index in [0.717, 1.165) is 66.0 Å². The number of aromatic amines is 1. The van der Waals surface area contributed by atoms with E-state index in [4.69, 9.17) is 0 Å². The largest absolute Gasteiger partial charge is 0.360 e. The molecule has 0 aliphatic carbocycles. The number of pyridine rings is 1. The minimum absolute atomic E-state index is 0.247. The van der Waals surface area contributed by atoms with Crippen molar-refractivity contribution in [3.8, 4) is 22.4 Å². The highest BCUT2D eigenvalue weighted by Crippen LogP contribution is 2.39. The third-order valence-electron chi connectivity index (χ3n) is 7.60. The summed E-state index contributed by atoms with van der Waals surface area (Å²) >= 11 is 0. The van der Waals surface area contributed by atoms with Crippen LogP contribution in [-0.4, -0.2) is 42.9 Å². The van der Waals surface area contributed by atoms with E-state index in [1.807, 2.05) is 30.3 Å². The Hall–Kier alpha value is -4.53. The summed E-state index contributed by atoms with van der Waals surface area (Å²) in [5, 5.41) is 0. The summed E-state index contributed by atoms with van der Waals surface area (Å²) in [4.78, 5) is 10.3. The molecule has 0 saturated carbocycles. The molecule has 42 heavy (non-hydrogen) atoms. The molecule has 1 aliphatic heterocycles. The topological polar surface area (TPSA) is 78.1 Å². The fourth-order valence-electron chi connectivity index (χ4n) is 5.34. The van der Waals surface area contributed by atoms with E-state index in [2.05, 4.69) is 31.9 Å². The van der Waals surface area contributed by atoms with Gasteiger partial charge in [-0.3, -0.25) is 14.6 Å². The Morgan fingerprint density at radius 2 is 1.62 bits per heavy atom. The van der Waals surface area contributed by atoms with Gasteiger partial charge >= 0.3 is 0 Å². The van der Waals surface area contributed by atoms with Crippen LogP contribution in [0.3, 0.4) is 0 Å². The number of aromatic nitrogens is 2. The second kappa shape index (κ2) is 12.1. The lowest BCUT2D eigenvalue weighted by atomic mass is 9.92. The fourth-order valence-corrected chi connectivity index (χ4v) is 6.40. The van der Waals surface area contributed by atoms with Crippen molar-refractivity contribution < 1.29 is 12.8 Å². The second-order valence-electron chi connectivity index (χ2n) is 10.3. The van der Waals surface area contributed by atoms with Crippen molar-refractivity contribution in [3.63, 3.8) is 0 Å². The monoisotopic (exact) mass is 578 g/mol. The third-order valence-corrected chi connectivity index (χ3v) is 8.99. The smallest absolute Gasteiger partial charge is 0.261 e. The molecule has 0 fully saturated rings. The van der Waals surface area contributed by atoms with Gasteiger partial charge in [-0.2, -0.15) is 0 Å². The summed E-state index contributed by atoms with van der Waals surface area (Å²) < 4.78 is 41.7. The molecule has 0 radical (unpaired) electrons. The molecule has 0 spiro atoms. The summed E-state index contributed by atoms with van der Waals surface area (Å²) in [5.74, 6) is -0.257. The number of para-hydroxylation sites is 1. The van der Waals surface area contributed by atoms with Crippen LogP contribution < -0.4 is 4.72 Å². The Bertz CT molecular complexity index is 1780. The van der Waals surface area contributed by atoms with Gasteiger partial charge in [-0.25, -0.2) is 12.8 Å². The highest BCUT2D eigenvalue weighted by atomic mass is 32.2. The number of hydrogen-bond acceptors (Lipinski definition) is 4. The molecule has 212 valence electrons. The van der Waals surface area contributed by atoms with E-state index in [9.17, 15) is 12.8 Å². The predicted octanol–water partition coefficient (Wildman–Crippen LogP) is 7.02. The van der Waals surface area contributed by atoms with Gasteiger partial charge in [0, 0.05) is 55.0 Å². The van der Waals surface area contributed by atoms with E-state index in [-0.39, 0.29) is 10.7 Å². The van der Waals surface area contributed by atoms with Crippen LogP contribution in [0.1, 0.15) is 17.5 Å². The van der Waals surface area contributed by atoms with E-state index in [0.29, 0.717) is 5.69 Å². The zero-order valence-electron chi connectivity index (χ0n) is 23.0. The number of halogens is 1. The molecule has 5 aromatic rings. The van der Waals surface area contributed by atoms with E-state index < -0.39 is 10.0 Å². The van der Waals surface area contributed by atoms with Crippen LogP contribution in [0.25, 0.3) is 28.0 Å². The zero-order valence-corrected chi connectivity index (χ0v) is 23.8. The molecule has 2 aromatic heterocycles. The van der Waals surface area contributed by atoms with E-state index in [1.54, 1.807) is 60.9 Å². The molecule has 0 atom stereocenters. The van der Waals surface area contributed by atoms with Gasteiger partial charge in [-0.1, -0.05) is 36.4 Å². The lowest BCUT2D eigenvalue weighted by molar-refractivity contribution is 0.306. The number of hydrogen-bond donors (Lipinski definition) is 2. The Kier molecular flexibility index (Phi) is 7.99. The lowest BCUT2D eigenvalue weighted by Crippen LogP contribution is -2.30. The molecule has 0 saturated heterocycles. The first-order chi connectivity index (χ1) is 20.5. The van der Waals surface area contributed by atoms with Gasteiger partial charge in [-0.05, 0) is 95.8 Å². The van der Waals surface area contributed by atoms with Gasteiger partial charge in [0.1, 0.15) is 5.82 Å². The Morgan fingerprint density at radius 1 is 0.881 bits per heavy atom. The number of nitrogens with zero attached hydrogens (tertiary/aromatic N) is 2. The van der Waals surface area contributed by atoms with Crippen molar-refractivity contribution in [2.24, 2.45) is 0 Å². The Morgan fingerprint density at radius 3 is 2.31 bits per heavy atom. The third kappa shape index (κ3) is 6.20. The van der Waals surface area contributed by atoms with E-state index in [1.165, 1.54) is 17.7 Å². The zero-order chi connectivity index (χ0) is 28.9. The molecule has 8 heteroatoms. The van der Waals surface area contributed by atoms with Crippen molar-refractivity contribution in [2.75, 3.05) is 24.4 Å². The summed E-state index contributed by atoms with van der Waals surface area (Å²) in [7, 11) is -3.63. The van der Waals surface area contributed by atoms with Gasteiger partial charge in [-0.15, -0.1) is 0 Å². The fraction of sp³-hybridized carbons (Fsp3) is 0.147. The predicted molar refractivity (Wildman–Crippen MR) is 166 cm³/mol. The number of rotatable bonds is 9. The molecular formula is C34H31FN4O2S. The maximum absolute atomic E-state index is 13.6. The number of H-pyrrole nitrogens is 1. The van der Waals surface area contributed by atoms with Gasteiger partial charge < -0.3 is 4.98 Å². The van der Waals surface area contributed by atoms with Crippen LogP contribution in [-0.2, 0) is 16.4 Å². The molecule has 6 rings (SSSR count). The Balaban J connectivity index is 1.13. The number of sulfonamides is 1. The maximum Gasteiger partial charge on any atom is 0.261 e. The van der Waals surface area contributed by atoms with Crippen molar-refractivity contribution >= 4 is 21.3 Å². The van der Waals surface area contributed by atoms with Crippen molar-refractivity contribution in [1.29, 1.82) is 0 Å². The highest BCUT2D eigenvalue weighted by Gasteiger charge is 2.21. The van der Waals surface area contributed by atoms with Crippen LogP contribution in [0.5, 0.6) is 0 Å². The first-order valence-electron chi connectivity index (χ1n) is 13.9. The van der Waals surface area contributed by atoms with Crippen molar-refractivity contribution in [1.82, 2.24) is 14.9 Å². The maximum atomic E-state index is 13.6. The molecule has 6 nitrogen and oxygen atoms in total. The summed E-state index contributed by atoms with van der Waals surface area (Å²) in [5.41, 5.74) is 8.13. The molecule has 0 unspecified atom stereocenters. The normalized spacial score (nSPS) is 14.0. The molecule has 0 bridgehead atoms. The van der Waals surface area contributed by atoms with Crippen LogP contribution in [0.4, 0.5) is 10.1 Å². The average molecular weight is 579 g/mol. The molecule has 0 amide bonds. The number of nitrogens with one attached hydrogen (secondary N) is 2. The Labute approximate surface area is 245 Å². The van der Waals surface area contributed by atoms with Gasteiger partial charge in [0.15, 0.2) is 0 Å². The standard InChI is InChI=1S/C34H31FN4O2S/c35-29-10-8-28(9-11-29)34-33(27-14-19-36-20-15-27)32(24-37-34)26-17-22-39(23-18-26)21-16-25-6-12-31(13-7-25)42(40,41)38-30-4-2-1-3-5-30/h1-15,17,19-20,24,37-38H,16,18,21-23H2. The molecule has 1 aliphatic rings. The minimum atomic E-state index is -3.63. The SMILES string of the molecule is O=S(=O)(Nc1ccccc1)c1ccc(CCN2CC=C(c3c[nH]c(-c4ccc(F)cc4)c3-c3ccncc3)CC2)cc1. The molecule has 2 N–H and O–H groups in total. The first-order valence-corrected chi connectivity index (χ1v) is 15.4. The average Bonchev–Trinajstić information content (AvgIpc) is 3.47. The van der Waals surface area contributed by atoms with Crippen molar-refractivity contribution in [3.05, 3.63) is 133 Å². The highest BCUT2D eigenvalue weighted by molar-refractivity contribution is 7.92. The van der Waals surface area contributed by atoms with Crippen LogP contribution in [0.15, 0.2) is 121 Å². The molecular weight excluding hydrogens is 547 g/mol. The number of benzene rings is 3. The molecule has 3 aromatic carbocycles. The summed E-state index contributed by atoms with van der Waals surface area (Å²) in [6.45, 7) is 2.63. The number of anilines is 1. The van der Waals surface area contributed by atoms with Crippen LogP contribution in [0, 0.1) is 5.82 Å². The van der Waals surface area contributed by atoms with Gasteiger partial charge in [0.25, 0.3) is 10.0 Å². The van der Waals surface area contributed by atoms with Crippen LogP contribution >= 0.6 is 0 Å². The first kappa shape index (κ1) is 27.6. The van der Waals surface area contributed by atoms with Crippen molar-refractivity contribution in [2.45, 2.75) is 17.7 Å².